The number of hydrogen-bond donors (Lipinski definition) is 2. The van der Waals surface area contributed by atoms with Crippen molar-refractivity contribution in [2.45, 2.75) is 47.0 Å². The number of carbonyl (C=O) groups excluding carboxylic acids is 2. The van der Waals surface area contributed by atoms with Crippen molar-refractivity contribution >= 4 is 23.3 Å². The van der Waals surface area contributed by atoms with Gasteiger partial charge in [0.25, 0.3) is 0 Å². The average Bonchev–Trinajstić information content (AvgIpc) is 2.77. The lowest BCUT2D eigenvalue weighted by Crippen LogP contribution is -2.14. The Morgan fingerprint density at radius 1 is 0.774 bits per heavy atom. The van der Waals surface area contributed by atoms with Crippen LogP contribution in [0.1, 0.15) is 72.4 Å². The highest BCUT2D eigenvalue weighted by molar-refractivity contribution is 5.96. The number of benzene rings is 2. The molecular formula is C25H34N2O4. The minimum absolute atomic E-state index is 0.293. The van der Waals surface area contributed by atoms with Crippen molar-refractivity contribution in [3.8, 4) is 0 Å². The molecule has 168 valence electrons. The molecule has 31 heavy (non-hydrogen) atoms. The summed E-state index contributed by atoms with van der Waals surface area (Å²) in [4.78, 5) is 24.9. The van der Waals surface area contributed by atoms with E-state index in [1.807, 2.05) is 26.0 Å². The molecule has 0 aliphatic rings. The van der Waals surface area contributed by atoms with Crippen LogP contribution in [-0.4, -0.2) is 25.2 Å². The van der Waals surface area contributed by atoms with Crippen LogP contribution in [0.4, 0.5) is 11.4 Å². The van der Waals surface area contributed by atoms with Crippen LogP contribution in [0.15, 0.2) is 36.4 Å². The molecule has 0 heterocycles. The Balaban J connectivity index is 2.15. The van der Waals surface area contributed by atoms with E-state index in [1.54, 1.807) is 24.3 Å². The summed E-state index contributed by atoms with van der Waals surface area (Å²) in [7, 11) is 0. The van der Waals surface area contributed by atoms with Gasteiger partial charge in [-0.15, -0.1) is 0 Å². The van der Waals surface area contributed by atoms with Gasteiger partial charge >= 0.3 is 11.9 Å². The molecule has 0 saturated carbocycles. The second kappa shape index (κ2) is 11.4. The molecular weight excluding hydrogens is 392 g/mol. The zero-order valence-electron chi connectivity index (χ0n) is 18.9. The van der Waals surface area contributed by atoms with E-state index >= 15 is 0 Å². The fraction of sp³-hybridized carbons (Fsp3) is 0.440. The Kier molecular flexibility index (Phi) is 8.91. The van der Waals surface area contributed by atoms with Crippen LogP contribution in [0.2, 0.25) is 0 Å². The van der Waals surface area contributed by atoms with Crippen molar-refractivity contribution in [3.63, 3.8) is 0 Å². The normalized spacial score (nSPS) is 12.8. The fourth-order valence-corrected chi connectivity index (χ4v) is 2.84. The van der Waals surface area contributed by atoms with Crippen molar-refractivity contribution in [2.24, 2.45) is 11.8 Å². The third-order valence-electron chi connectivity index (χ3n) is 5.48. The van der Waals surface area contributed by atoms with Crippen molar-refractivity contribution in [1.29, 1.82) is 0 Å². The van der Waals surface area contributed by atoms with Gasteiger partial charge in [0.1, 0.15) is 0 Å². The van der Waals surface area contributed by atoms with Crippen molar-refractivity contribution in [3.05, 3.63) is 58.7 Å². The minimum atomic E-state index is -0.425. The van der Waals surface area contributed by atoms with E-state index in [4.69, 9.17) is 20.9 Å². The molecule has 0 aromatic heterocycles. The van der Waals surface area contributed by atoms with Crippen LogP contribution in [0.25, 0.3) is 0 Å². The van der Waals surface area contributed by atoms with Crippen LogP contribution >= 0.6 is 0 Å². The van der Waals surface area contributed by atoms with E-state index in [1.165, 1.54) is 0 Å². The first-order valence-corrected chi connectivity index (χ1v) is 10.9. The van der Waals surface area contributed by atoms with Gasteiger partial charge in [0.05, 0.1) is 24.3 Å². The topological polar surface area (TPSA) is 105 Å². The molecule has 0 aliphatic carbocycles. The summed E-state index contributed by atoms with van der Waals surface area (Å²) < 4.78 is 10.8. The van der Waals surface area contributed by atoms with E-state index < -0.39 is 11.9 Å². The lowest BCUT2D eigenvalue weighted by molar-refractivity contribution is 0.0440. The summed E-state index contributed by atoms with van der Waals surface area (Å²) in [6.45, 7) is 8.88. The summed E-state index contributed by atoms with van der Waals surface area (Å²) in [5.41, 5.74) is 15.2. The Bertz CT molecular complexity index is 837. The number of nitrogen functional groups attached to an aromatic ring is 2. The quantitative estimate of drug-likeness (QED) is 0.416. The molecule has 0 bridgehead atoms. The van der Waals surface area contributed by atoms with Crippen LogP contribution in [-0.2, 0) is 15.9 Å². The zero-order valence-corrected chi connectivity index (χ0v) is 18.9. The van der Waals surface area contributed by atoms with Gasteiger partial charge in [-0.2, -0.15) is 0 Å². The summed E-state index contributed by atoms with van der Waals surface area (Å²) >= 11 is 0. The molecule has 6 nitrogen and oxygen atoms in total. The predicted molar refractivity (Wildman–Crippen MR) is 124 cm³/mol. The second-order valence-electron chi connectivity index (χ2n) is 8.24. The summed E-state index contributed by atoms with van der Waals surface area (Å²) in [5.74, 6) is -0.263. The predicted octanol–water partition coefficient (Wildman–Crippen LogP) is 4.85. The smallest absolute Gasteiger partial charge is 0.340 e. The second-order valence-corrected chi connectivity index (χ2v) is 8.24. The van der Waals surface area contributed by atoms with E-state index in [0.29, 0.717) is 54.0 Å². The van der Waals surface area contributed by atoms with Crippen molar-refractivity contribution in [1.82, 2.24) is 0 Å². The number of carbonyl (C=O) groups is 2. The van der Waals surface area contributed by atoms with Gasteiger partial charge in [-0.1, -0.05) is 52.7 Å². The van der Waals surface area contributed by atoms with Crippen molar-refractivity contribution in [2.75, 3.05) is 24.7 Å². The maximum absolute atomic E-state index is 12.5. The lowest BCUT2D eigenvalue weighted by Gasteiger charge is -2.13. The summed E-state index contributed by atoms with van der Waals surface area (Å²) in [5, 5.41) is 0. The molecule has 2 unspecified atom stereocenters. The molecule has 6 heteroatoms. The Labute approximate surface area is 184 Å². The molecule has 0 radical (unpaired) electrons. The molecule has 0 spiro atoms. The van der Waals surface area contributed by atoms with Gasteiger partial charge in [-0.3, -0.25) is 0 Å². The molecule has 0 fully saturated rings. The third-order valence-corrected chi connectivity index (χ3v) is 5.48. The van der Waals surface area contributed by atoms with Crippen LogP contribution in [0.3, 0.4) is 0 Å². The minimum Gasteiger partial charge on any atom is -0.462 e. The number of nitrogens with two attached hydrogens (primary N) is 2. The first-order valence-electron chi connectivity index (χ1n) is 10.9. The highest BCUT2D eigenvalue weighted by Gasteiger charge is 2.16. The van der Waals surface area contributed by atoms with Gasteiger partial charge < -0.3 is 20.9 Å². The fourth-order valence-electron chi connectivity index (χ4n) is 2.84. The number of hydrogen-bond acceptors (Lipinski definition) is 6. The summed E-state index contributed by atoms with van der Waals surface area (Å²) in [6.07, 6.45) is 2.38. The highest BCUT2D eigenvalue weighted by atomic mass is 16.5. The highest BCUT2D eigenvalue weighted by Crippen LogP contribution is 2.22. The van der Waals surface area contributed by atoms with Gasteiger partial charge in [0.2, 0.25) is 0 Å². The van der Waals surface area contributed by atoms with Gasteiger partial charge in [-0.25, -0.2) is 9.59 Å². The molecule has 2 aromatic carbocycles. The van der Waals surface area contributed by atoms with E-state index in [2.05, 4.69) is 13.8 Å². The van der Waals surface area contributed by atoms with E-state index in [9.17, 15) is 9.59 Å². The molecule has 2 rings (SSSR count). The van der Waals surface area contributed by atoms with E-state index in [-0.39, 0.29) is 0 Å². The number of esters is 2. The van der Waals surface area contributed by atoms with Crippen LogP contribution < -0.4 is 11.5 Å². The third kappa shape index (κ3) is 7.02. The standard InChI is InChI=1S/C25H34N2O4/c1-5-16(3)14-30-24(28)20-12-18(7-9-22(20)26)11-19-8-10-23(27)21(13-19)25(29)31-15-17(4)6-2/h7-10,12-13,16-17H,5-6,11,14-15,26-27H2,1-4H3. The lowest BCUT2D eigenvalue weighted by atomic mass is 9.99. The first kappa shape index (κ1) is 24.3. The molecule has 0 saturated heterocycles. The SMILES string of the molecule is CCC(C)COC(=O)c1cc(Cc2ccc(N)c(C(=O)OCC(C)CC)c2)ccc1N. The number of rotatable bonds is 10. The maximum atomic E-state index is 12.5. The Morgan fingerprint density at radius 3 is 1.52 bits per heavy atom. The Morgan fingerprint density at radius 2 is 1.16 bits per heavy atom. The molecule has 0 amide bonds. The summed E-state index contributed by atoms with van der Waals surface area (Å²) in [6, 6.07) is 10.6. The molecule has 0 aliphatic heterocycles. The number of ether oxygens (including phenoxy) is 2. The van der Waals surface area contributed by atoms with E-state index in [0.717, 1.165) is 24.0 Å². The van der Waals surface area contributed by atoms with Crippen LogP contribution in [0.5, 0.6) is 0 Å². The Hall–Kier alpha value is -3.02. The number of anilines is 2. The van der Waals surface area contributed by atoms with Gasteiger partial charge in [-0.05, 0) is 53.6 Å². The van der Waals surface area contributed by atoms with Crippen LogP contribution in [0, 0.1) is 11.8 Å². The molecule has 2 aromatic rings. The first-order chi connectivity index (χ1) is 14.7. The zero-order chi connectivity index (χ0) is 23.0. The average molecular weight is 427 g/mol. The molecule has 4 N–H and O–H groups in total. The monoisotopic (exact) mass is 426 g/mol. The molecule has 2 atom stereocenters. The largest absolute Gasteiger partial charge is 0.462 e. The van der Waals surface area contributed by atoms with Gasteiger partial charge in [0.15, 0.2) is 0 Å². The van der Waals surface area contributed by atoms with Gasteiger partial charge in [0, 0.05) is 11.4 Å². The van der Waals surface area contributed by atoms with Crippen molar-refractivity contribution < 1.29 is 19.1 Å². The maximum Gasteiger partial charge on any atom is 0.340 e.